The van der Waals surface area contributed by atoms with Gasteiger partial charge < -0.3 is 15.4 Å². The zero-order valence-electron chi connectivity index (χ0n) is 16.5. The normalized spacial score (nSPS) is 15.5. The summed E-state index contributed by atoms with van der Waals surface area (Å²) in [5.41, 5.74) is 2.22. The van der Waals surface area contributed by atoms with Gasteiger partial charge in [-0.25, -0.2) is 0 Å². The van der Waals surface area contributed by atoms with Crippen LogP contribution in [-0.4, -0.2) is 74.0 Å². The minimum atomic E-state index is 0.0329. The Morgan fingerprint density at radius 3 is 1.93 bits per heavy atom. The molecule has 1 heterocycles. The number of carbonyl (C=O) groups excluding carboxylic acids is 2. The molecule has 0 radical (unpaired) electrons. The highest BCUT2D eigenvalue weighted by Crippen LogP contribution is 2.06. The van der Waals surface area contributed by atoms with Gasteiger partial charge in [0.05, 0.1) is 19.7 Å². The monoisotopic (exact) mass is 376 g/mol. The smallest absolute Gasteiger partial charge is 0.234 e. The zero-order chi connectivity index (χ0) is 19.5. The molecule has 2 rings (SSSR count). The fourth-order valence-corrected chi connectivity index (χ4v) is 2.99. The SMILES string of the molecule is CCNC(=O)CN1CCN(CC(=O)NCc2ccc(COCC)cc2)CC1. The first-order valence-electron chi connectivity index (χ1n) is 9.74. The second kappa shape index (κ2) is 11.7. The topological polar surface area (TPSA) is 73.9 Å². The Labute approximate surface area is 162 Å². The number of rotatable bonds is 10. The molecule has 2 N–H and O–H groups in total. The van der Waals surface area contributed by atoms with Crippen LogP contribution in [0.3, 0.4) is 0 Å². The Bertz CT molecular complexity index is 583. The molecule has 0 spiro atoms. The van der Waals surface area contributed by atoms with E-state index < -0.39 is 0 Å². The Hall–Kier alpha value is -1.96. The first kappa shape index (κ1) is 21.3. The van der Waals surface area contributed by atoms with Gasteiger partial charge in [0.25, 0.3) is 0 Å². The van der Waals surface area contributed by atoms with Gasteiger partial charge >= 0.3 is 0 Å². The van der Waals surface area contributed by atoms with Crippen molar-refractivity contribution in [2.24, 2.45) is 0 Å². The second-order valence-electron chi connectivity index (χ2n) is 6.74. The molecule has 0 atom stereocenters. The average molecular weight is 377 g/mol. The second-order valence-corrected chi connectivity index (χ2v) is 6.74. The summed E-state index contributed by atoms with van der Waals surface area (Å²) in [6, 6.07) is 8.11. The molecule has 7 nitrogen and oxygen atoms in total. The van der Waals surface area contributed by atoms with Crippen LogP contribution in [0.5, 0.6) is 0 Å². The van der Waals surface area contributed by atoms with Crippen molar-refractivity contribution in [3.05, 3.63) is 35.4 Å². The van der Waals surface area contributed by atoms with Crippen LogP contribution in [0.1, 0.15) is 25.0 Å². The summed E-state index contributed by atoms with van der Waals surface area (Å²) in [6.07, 6.45) is 0. The van der Waals surface area contributed by atoms with E-state index in [1.54, 1.807) is 0 Å². The van der Waals surface area contributed by atoms with Gasteiger partial charge in [0, 0.05) is 45.9 Å². The number of hydrogen-bond acceptors (Lipinski definition) is 5. The molecular formula is C20H32N4O3. The lowest BCUT2D eigenvalue weighted by atomic mass is 10.1. The molecule has 0 unspecified atom stereocenters. The molecular weight excluding hydrogens is 344 g/mol. The van der Waals surface area contributed by atoms with Crippen LogP contribution in [-0.2, 0) is 27.5 Å². The highest BCUT2D eigenvalue weighted by molar-refractivity contribution is 5.78. The summed E-state index contributed by atoms with van der Waals surface area (Å²) >= 11 is 0. The Morgan fingerprint density at radius 2 is 1.41 bits per heavy atom. The number of likely N-dealkylation sites (N-methyl/N-ethyl adjacent to an activating group) is 1. The van der Waals surface area contributed by atoms with Crippen LogP contribution >= 0.6 is 0 Å². The number of amides is 2. The molecule has 0 aromatic heterocycles. The highest BCUT2D eigenvalue weighted by atomic mass is 16.5. The summed E-state index contributed by atoms with van der Waals surface area (Å²) in [5.74, 6) is 0.0986. The lowest BCUT2D eigenvalue weighted by molar-refractivity contribution is -0.125. The van der Waals surface area contributed by atoms with Crippen molar-refractivity contribution in [2.75, 3.05) is 52.4 Å². The van der Waals surface area contributed by atoms with Crippen LogP contribution in [0.15, 0.2) is 24.3 Å². The van der Waals surface area contributed by atoms with E-state index in [0.717, 1.165) is 37.3 Å². The van der Waals surface area contributed by atoms with Crippen molar-refractivity contribution in [3.63, 3.8) is 0 Å². The van der Waals surface area contributed by atoms with Gasteiger partial charge in [0.2, 0.25) is 11.8 Å². The van der Waals surface area contributed by atoms with Gasteiger partial charge in [-0.1, -0.05) is 24.3 Å². The average Bonchev–Trinajstić information content (AvgIpc) is 2.67. The summed E-state index contributed by atoms with van der Waals surface area (Å²) in [7, 11) is 0. The zero-order valence-corrected chi connectivity index (χ0v) is 16.5. The number of nitrogens with one attached hydrogen (secondary N) is 2. The molecule has 1 fully saturated rings. The third-order valence-corrected chi connectivity index (χ3v) is 4.56. The van der Waals surface area contributed by atoms with Crippen LogP contribution in [0, 0.1) is 0 Å². The molecule has 1 aromatic rings. The van der Waals surface area contributed by atoms with Crippen molar-refractivity contribution in [1.82, 2.24) is 20.4 Å². The van der Waals surface area contributed by atoms with Gasteiger partial charge in [-0.3, -0.25) is 19.4 Å². The first-order chi connectivity index (χ1) is 13.1. The van der Waals surface area contributed by atoms with E-state index in [1.165, 1.54) is 0 Å². The molecule has 2 amide bonds. The number of benzene rings is 1. The van der Waals surface area contributed by atoms with Gasteiger partial charge in [-0.2, -0.15) is 0 Å². The molecule has 1 aliphatic rings. The lowest BCUT2D eigenvalue weighted by Crippen LogP contribution is -2.51. The van der Waals surface area contributed by atoms with Crippen molar-refractivity contribution in [3.8, 4) is 0 Å². The number of nitrogens with zero attached hydrogens (tertiary/aromatic N) is 2. The molecule has 0 bridgehead atoms. The molecule has 1 saturated heterocycles. The van der Waals surface area contributed by atoms with E-state index in [-0.39, 0.29) is 11.8 Å². The quantitative estimate of drug-likeness (QED) is 0.625. The minimum absolute atomic E-state index is 0.0329. The Kier molecular flexibility index (Phi) is 9.24. The van der Waals surface area contributed by atoms with Crippen molar-refractivity contribution in [2.45, 2.75) is 27.0 Å². The third-order valence-electron chi connectivity index (χ3n) is 4.56. The highest BCUT2D eigenvalue weighted by Gasteiger charge is 2.20. The molecule has 0 aliphatic carbocycles. The maximum atomic E-state index is 12.2. The van der Waals surface area contributed by atoms with E-state index in [0.29, 0.717) is 39.4 Å². The van der Waals surface area contributed by atoms with Crippen LogP contribution in [0.2, 0.25) is 0 Å². The van der Waals surface area contributed by atoms with Crippen molar-refractivity contribution < 1.29 is 14.3 Å². The Morgan fingerprint density at radius 1 is 0.889 bits per heavy atom. The molecule has 27 heavy (non-hydrogen) atoms. The van der Waals surface area contributed by atoms with Crippen molar-refractivity contribution >= 4 is 11.8 Å². The van der Waals surface area contributed by atoms with Gasteiger partial charge in [-0.05, 0) is 25.0 Å². The summed E-state index contributed by atoms with van der Waals surface area (Å²) in [5, 5.41) is 5.80. The Balaban J connectivity index is 1.64. The summed E-state index contributed by atoms with van der Waals surface area (Å²) in [6.45, 7) is 10.5. The molecule has 7 heteroatoms. The van der Waals surface area contributed by atoms with Gasteiger partial charge in [0.15, 0.2) is 0 Å². The maximum Gasteiger partial charge on any atom is 0.234 e. The number of hydrogen-bond donors (Lipinski definition) is 2. The molecule has 150 valence electrons. The fourth-order valence-electron chi connectivity index (χ4n) is 2.99. The molecule has 1 aliphatic heterocycles. The van der Waals surface area contributed by atoms with E-state index in [2.05, 4.69) is 20.4 Å². The predicted molar refractivity (Wildman–Crippen MR) is 105 cm³/mol. The number of piperazine rings is 1. The number of ether oxygens (including phenoxy) is 1. The third kappa shape index (κ3) is 8.07. The van der Waals surface area contributed by atoms with E-state index in [1.807, 2.05) is 38.1 Å². The van der Waals surface area contributed by atoms with E-state index in [9.17, 15) is 9.59 Å². The maximum absolute atomic E-state index is 12.2. The van der Waals surface area contributed by atoms with Crippen molar-refractivity contribution in [1.29, 1.82) is 0 Å². The summed E-state index contributed by atoms with van der Waals surface area (Å²) < 4.78 is 5.38. The lowest BCUT2D eigenvalue weighted by Gasteiger charge is -2.33. The molecule has 0 saturated carbocycles. The molecule has 1 aromatic carbocycles. The van der Waals surface area contributed by atoms with Gasteiger partial charge in [-0.15, -0.1) is 0 Å². The fraction of sp³-hybridized carbons (Fsp3) is 0.600. The van der Waals surface area contributed by atoms with E-state index >= 15 is 0 Å². The number of carbonyl (C=O) groups is 2. The standard InChI is InChI=1S/C20H32N4O3/c1-3-21-19(25)14-23-9-11-24(12-10-23)15-20(26)22-13-17-5-7-18(8-6-17)16-27-4-2/h5-8H,3-4,9-16H2,1-2H3,(H,21,25)(H,22,26). The van der Waals surface area contributed by atoms with E-state index in [4.69, 9.17) is 4.74 Å². The van der Waals surface area contributed by atoms with Crippen LogP contribution in [0.25, 0.3) is 0 Å². The largest absolute Gasteiger partial charge is 0.377 e. The van der Waals surface area contributed by atoms with Crippen LogP contribution in [0.4, 0.5) is 0 Å². The minimum Gasteiger partial charge on any atom is -0.377 e. The van der Waals surface area contributed by atoms with Crippen LogP contribution < -0.4 is 10.6 Å². The van der Waals surface area contributed by atoms with Gasteiger partial charge in [0.1, 0.15) is 0 Å². The summed E-state index contributed by atoms with van der Waals surface area (Å²) in [4.78, 5) is 28.1. The predicted octanol–water partition coefficient (Wildman–Crippen LogP) is 0.593. The first-order valence-corrected chi connectivity index (χ1v) is 9.74.